The first-order valence-corrected chi connectivity index (χ1v) is 8.80. The molecule has 1 aliphatic heterocycles. The zero-order valence-corrected chi connectivity index (χ0v) is 14.4. The van der Waals surface area contributed by atoms with E-state index in [1.54, 1.807) is 29.4 Å². The molecule has 0 spiro atoms. The number of aromatic amines is 1. The van der Waals surface area contributed by atoms with Gasteiger partial charge in [0.05, 0.1) is 5.56 Å². The van der Waals surface area contributed by atoms with Gasteiger partial charge in [-0.3, -0.25) is 14.6 Å². The molecule has 26 heavy (non-hydrogen) atoms. The summed E-state index contributed by atoms with van der Waals surface area (Å²) in [4.78, 5) is 36.5. The highest BCUT2D eigenvalue weighted by Gasteiger charge is 2.25. The molecule has 0 aliphatic carbocycles. The molecule has 0 unspecified atom stereocenters. The third-order valence-corrected chi connectivity index (χ3v) is 4.77. The number of amides is 2. The number of carbonyl (C=O) groups excluding carboxylic acids is 2. The average molecular weight is 348 g/mol. The van der Waals surface area contributed by atoms with E-state index >= 15 is 0 Å². The van der Waals surface area contributed by atoms with Crippen molar-refractivity contribution in [3.8, 4) is 0 Å². The fourth-order valence-electron chi connectivity index (χ4n) is 3.39. The van der Waals surface area contributed by atoms with Crippen LogP contribution in [0.15, 0.2) is 54.9 Å². The summed E-state index contributed by atoms with van der Waals surface area (Å²) in [7, 11) is 0. The molecule has 132 valence electrons. The number of nitrogens with zero attached hydrogens (tertiary/aromatic N) is 3. The number of para-hydroxylation sites is 1. The molecule has 0 radical (unpaired) electrons. The Hall–Kier alpha value is -3.15. The van der Waals surface area contributed by atoms with Gasteiger partial charge in [0.25, 0.3) is 11.8 Å². The van der Waals surface area contributed by atoms with Crippen molar-refractivity contribution in [2.75, 3.05) is 26.2 Å². The molecule has 1 aromatic carbocycles. The molecule has 1 N–H and O–H groups in total. The Kier molecular flexibility index (Phi) is 4.39. The molecule has 4 rings (SSSR count). The van der Waals surface area contributed by atoms with Crippen LogP contribution in [0.3, 0.4) is 0 Å². The Morgan fingerprint density at radius 3 is 2.38 bits per heavy atom. The summed E-state index contributed by atoms with van der Waals surface area (Å²) in [6.07, 6.45) is 4.15. The Bertz CT molecular complexity index is 935. The lowest BCUT2D eigenvalue weighted by Crippen LogP contribution is -2.37. The van der Waals surface area contributed by atoms with Crippen molar-refractivity contribution in [3.63, 3.8) is 0 Å². The molecule has 6 heteroatoms. The SMILES string of the molecule is O=C(c1ccccn1)N1CCCN(C(=O)c2c[nH]c3ccccc23)CC1. The van der Waals surface area contributed by atoms with E-state index < -0.39 is 0 Å². The first-order chi connectivity index (χ1) is 12.7. The van der Waals surface area contributed by atoms with E-state index in [4.69, 9.17) is 0 Å². The fraction of sp³-hybridized carbons (Fsp3) is 0.250. The fourth-order valence-corrected chi connectivity index (χ4v) is 3.39. The maximum Gasteiger partial charge on any atom is 0.272 e. The van der Waals surface area contributed by atoms with Crippen molar-refractivity contribution in [3.05, 3.63) is 66.1 Å². The molecule has 1 fully saturated rings. The summed E-state index contributed by atoms with van der Waals surface area (Å²) >= 11 is 0. The summed E-state index contributed by atoms with van der Waals surface area (Å²) < 4.78 is 0. The molecule has 1 aliphatic rings. The van der Waals surface area contributed by atoms with E-state index in [2.05, 4.69) is 9.97 Å². The van der Waals surface area contributed by atoms with Crippen molar-refractivity contribution in [1.29, 1.82) is 0 Å². The predicted octanol–water partition coefficient (Wildman–Crippen LogP) is 2.55. The first kappa shape index (κ1) is 16.3. The van der Waals surface area contributed by atoms with E-state index in [-0.39, 0.29) is 11.8 Å². The Morgan fingerprint density at radius 2 is 1.62 bits per heavy atom. The van der Waals surface area contributed by atoms with Gasteiger partial charge in [0.1, 0.15) is 5.69 Å². The summed E-state index contributed by atoms with van der Waals surface area (Å²) in [5, 5.41) is 0.933. The standard InChI is InChI=1S/C20H20N4O2/c25-19(16-14-22-17-7-2-1-6-15(16)17)23-10-5-11-24(13-12-23)20(26)18-8-3-4-9-21-18/h1-4,6-9,14,22H,5,10-13H2. The van der Waals surface area contributed by atoms with Crippen molar-refractivity contribution in [2.45, 2.75) is 6.42 Å². The second kappa shape index (κ2) is 7.00. The van der Waals surface area contributed by atoms with Gasteiger partial charge in [-0.15, -0.1) is 0 Å². The van der Waals surface area contributed by atoms with Gasteiger partial charge in [-0.1, -0.05) is 24.3 Å². The average Bonchev–Trinajstić information content (AvgIpc) is 2.97. The van der Waals surface area contributed by atoms with Crippen LogP contribution < -0.4 is 0 Å². The van der Waals surface area contributed by atoms with E-state index in [1.807, 2.05) is 35.2 Å². The molecule has 3 heterocycles. The number of aromatic nitrogens is 2. The van der Waals surface area contributed by atoms with Crippen LogP contribution >= 0.6 is 0 Å². The summed E-state index contributed by atoms with van der Waals surface area (Å²) in [6, 6.07) is 13.1. The third kappa shape index (κ3) is 3.06. The van der Waals surface area contributed by atoms with Crippen LogP contribution in [-0.2, 0) is 0 Å². The Morgan fingerprint density at radius 1 is 0.885 bits per heavy atom. The largest absolute Gasteiger partial charge is 0.360 e. The van der Waals surface area contributed by atoms with Crippen LogP contribution in [-0.4, -0.2) is 57.8 Å². The highest BCUT2D eigenvalue weighted by atomic mass is 16.2. The minimum atomic E-state index is -0.0769. The molecule has 0 atom stereocenters. The molecule has 6 nitrogen and oxygen atoms in total. The minimum Gasteiger partial charge on any atom is -0.360 e. The van der Waals surface area contributed by atoms with Gasteiger partial charge in [0.15, 0.2) is 0 Å². The molecule has 2 aromatic heterocycles. The normalized spacial score (nSPS) is 15.1. The van der Waals surface area contributed by atoms with Gasteiger partial charge >= 0.3 is 0 Å². The summed E-state index contributed by atoms with van der Waals surface area (Å²) in [5.74, 6) is -0.0680. The number of nitrogens with one attached hydrogen (secondary N) is 1. The first-order valence-electron chi connectivity index (χ1n) is 8.80. The van der Waals surface area contributed by atoms with Crippen molar-refractivity contribution in [1.82, 2.24) is 19.8 Å². The van der Waals surface area contributed by atoms with Gasteiger partial charge in [-0.25, -0.2) is 0 Å². The molecular formula is C20H20N4O2. The van der Waals surface area contributed by atoms with Gasteiger partial charge < -0.3 is 14.8 Å². The van der Waals surface area contributed by atoms with Crippen LogP contribution in [0.25, 0.3) is 10.9 Å². The Balaban J connectivity index is 1.48. The number of H-pyrrole nitrogens is 1. The van der Waals surface area contributed by atoms with Crippen LogP contribution in [0.1, 0.15) is 27.3 Å². The molecule has 0 saturated carbocycles. The quantitative estimate of drug-likeness (QED) is 0.774. The molecule has 2 amide bonds. The Labute approximate surface area is 151 Å². The van der Waals surface area contributed by atoms with Crippen LogP contribution in [0.2, 0.25) is 0 Å². The number of hydrogen-bond donors (Lipinski definition) is 1. The number of pyridine rings is 1. The van der Waals surface area contributed by atoms with E-state index in [9.17, 15) is 9.59 Å². The van der Waals surface area contributed by atoms with E-state index in [0.717, 1.165) is 17.3 Å². The van der Waals surface area contributed by atoms with Crippen molar-refractivity contribution in [2.24, 2.45) is 0 Å². The lowest BCUT2D eigenvalue weighted by atomic mass is 10.1. The third-order valence-electron chi connectivity index (χ3n) is 4.77. The topological polar surface area (TPSA) is 69.3 Å². The number of carbonyl (C=O) groups is 2. The maximum atomic E-state index is 13.0. The molecular weight excluding hydrogens is 328 g/mol. The zero-order valence-electron chi connectivity index (χ0n) is 14.4. The smallest absolute Gasteiger partial charge is 0.272 e. The van der Waals surface area contributed by atoms with Crippen molar-refractivity contribution >= 4 is 22.7 Å². The van der Waals surface area contributed by atoms with Crippen LogP contribution in [0.4, 0.5) is 0 Å². The van der Waals surface area contributed by atoms with Crippen molar-refractivity contribution < 1.29 is 9.59 Å². The van der Waals surface area contributed by atoms with Crippen LogP contribution in [0.5, 0.6) is 0 Å². The summed E-state index contributed by atoms with van der Waals surface area (Å²) in [6.45, 7) is 2.32. The number of fused-ring (bicyclic) bond motifs is 1. The lowest BCUT2D eigenvalue weighted by Gasteiger charge is -2.22. The van der Waals surface area contributed by atoms with Gasteiger partial charge in [-0.05, 0) is 24.6 Å². The zero-order chi connectivity index (χ0) is 17.9. The molecule has 0 bridgehead atoms. The number of hydrogen-bond acceptors (Lipinski definition) is 3. The van der Waals surface area contributed by atoms with E-state index in [1.165, 1.54) is 0 Å². The van der Waals surface area contributed by atoms with E-state index in [0.29, 0.717) is 37.4 Å². The second-order valence-corrected chi connectivity index (χ2v) is 6.40. The number of rotatable bonds is 2. The monoisotopic (exact) mass is 348 g/mol. The predicted molar refractivity (Wildman–Crippen MR) is 99.0 cm³/mol. The van der Waals surface area contributed by atoms with Gasteiger partial charge in [0, 0.05) is 49.5 Å². The lowest BCUT2D eigenvalue weighted by molar-refractivity contribution is 0.0716. The highest BCUT2D eigenvalue weighted by molar-refractivity contribution is 6.06. The molecule has 3 aromatic rings. The minimum absolute atomic E-state index is 0.00888. The van der Waals surface area contributed by atoms with Gasteiger partial charge in [0.2, 0.25) is 0 Å². The van der Waals surface area contributed by atoms with Crippen LogP contribution in [0, 0.1) is 0 Å². The number of benzene rings is 1. The highest BCUT2D eigenvalue weighted by Crippen LogP contribution is 2.20. The summed E-state index contributed by atoms with van der Waals surface area (Å²) in [5.41, 5.74) is 2.09. The maximum absolute atomic E-state index is 13.0. The molecule has 1 saturated heterocycles. The van der Waals surface area contributed by atoms with Gasteiger partial charge in [-0.2, -0.15) is 0 Å². The second-order valence-electron chi connectivity index (χ2n) is 6.40.